The minimum atomic E-state index is -2.96. The van der Waals surface area contributed by atoms with E-state index in [4.69, 9.17) is 0 Å². The fraction of sp³-hybridized carbons (Fsp3) is 0.235. The lowest BCUT2D eigenvalue weighted by atomic mass is 10.1. The summed E-state index contributed by atoms with van der Waals surface area (Å²) in [6, 6.07) is 11.2. The van der Waals surface area contributed by atoms with Crippen molar-refractivity contribution in [1.29, 1.82) is 0 Å². The molecule has 2 rings (SSSR count). The predicted octanol–water partition coefficient (Wildman–Crippen LogP) is 2.82. The van der Waals surface area contributed by atoms with Crippen molar-refractivity contribution >= 4 is 5.91 Å². The van der Waals surface area contributed by atoms with Gasteiger partial charge in [-0.1, -0.05) is 24.3 Å². The Bertz CT molecular complexity index is 694. The highest BCUT2D eigenvalue weighted by Crippen LogP contribution is 2.20. The SMILES string of the molecule is O=C(Cc1cccc(F)c1)NCC(O)c1cccc(OC(F)F)c1. The molecule has 0 spiro atoms. The molecule has 0 aromatic heterocycles. The van der Waals surface area contributed by atoms with E-state index in [-0.39, 0.29) is 24.6 Å². The molecule has 1 atom stereocenters. The molecule has 0 saturated heterocycles. The summed E-state index contributed by atoms with van der Waals surface area (Å²) in [5.41, 5.74) is 0.841. The van der Waals surface area contributed by atoms with E-state index in [0.717, 1.165) is 0 Å². The van der Waals surface area contributed by atoms with Gasteiger partial charge >= 0.3 is 6.61 Å². The molecule has 0 aliphatic rings. The Balaban J connectivity index is 1.88. The second-order valence-corrected chi connectivity index (χ2v) is 5.08. The van der Waals surface area contributed by atoms with Crippen LogP contribution in [0.25, 0.3) is 0 Å². The quantitative estimate of drug-likeness (QED) is 0.816. The fourth-order valence-corrected chi connectivity index (χ4v) is 2.12. The summed E-state index contributed by atoms with van der Waals surface area (Å²) >= 11 is 0. The van der Waals surface area contributed by atoms with Gasteiger partial charge in [-0.05, 0) is 35.4 Å². The molecule has 24 heavy (non-hydrogen) atoms. The summed E-state index contributed by atoms with van der Waals surface area (Å²) in [7, 11) is 0. The summed E-state index contributed by atoms with van der Waals surface area (Å²) in [5, 5.41) is 12.5. The average Bonchev–Trinajstić information content (AvgIpc) is 2.52. The lowest BCUT2D eigenvalue weighted by Gasteiger charge is -2.14. The number of aliphatic hydroxyl groups excluding tert-OH is 1. The van der Waals surface area contributed by atoms with Crippen LogP contribution >= 0.6 is 0 Å². The highest BCUT2D eigenvalue weighted by molar-refractivity contribution is 5.78. The van der Waals surface area contributed by atoms with E-state index in [1.165, 1.54) is 42.5 Å². The van der Waals surface area contributed by atoms with E-state index >= 15 is 0 Å². The fourth-order valence-electron chi connectivity index (χ4n) is 2.12. The van der Waals surface area contributed by atoms with E-state index < -0.39 is 18.5 Å². The number of carbonyl (C=O) groups excluding carboxylic acids is 1. The van der Waals surface area contributed by atoms with E-state index in [0.29, 0.717) is 11.1 Å². The van der Waals surface area contributed by atoms with Crippen molar-refractivity contribution in [3.8, 4) is 5.75 Å². The van der Waals surface area contributed by atoms with Gasteiger partial charge < -0.3 is 15.2 Å². The van der Waals surface area contributed by atoms with Crippen molar-refractivity contribution in [3.63, 3.8) is 0 Å². The molecule has 0 aliphatic heterocycles. The molecule has 1 unspecified atom stereocenters. The Hall–Kier alpha value is -2.54. The summed E-state index contributed by atoms with van der Waals surface area (Å²) in [5.74, 6) is -0.900. The van der Waals surface area contributed by atoms with E-state index in [9.17, 15) is 23.1 Å². The molecular weight excluding hydrogens is 323 g/mol. The Kier molecular flexibility index (Phi) is 6.20. The zero-order valence-corrected chi connectivity index (χ0v) is 12.6. The first-order valence-electron chi connectivity index (χ1n) is 7.18. The van der Waals surface area contributed by atoms with Gasteiger partial charge in [0.05, 0.1) is 12.5 Å². The number of carbonyl (C=O) groups is 1. The van der Waals surface area contributed by atoms with Crippen LogP contribution in [0.5, 0.6) is 5.75 Å². The van der Waals surface area contributed by atoms with Crippen LogP contribution in [0.3, 0.4) is 0 Å². The number of amides is 1. The maximum absolute atomic E-state index is 13.0. The number of aliphatic hydroxyl groups is 1. The largest absolute Gasteiger partial charge is 0.435 e. The van der Waals surface area contributed by atoms with Crippen molar-refractivity contribution in [3.05, 3.63) is 65.5 Å². The van der Waals surface area contributed by atoms with Crippen LogP contribution in [0.1, 0.15) is 17.2 Å². The normalized spacial score (nSPS) is 12.0. The molecule has 0 saturated carbocycles. The number of benzene rings is 2. The van der Waals surface area contributed by atoms with Crippen LogP contribution in [0.4, 0.5) is 13.2 Å². The van der Waals surface area contributed by atoms with Crippen LogP contribution in [-0.2, 0) is 11.2 Å². The highest BCUT2D eigenvalue weighted by atomic mass is 19.3. The topological polar surface area (TPSA) is 58.6 Å². The number of hydrogen-bond donors (Lipinski definition) is 2. The molecule has 0 heterocycles. The van der Waals surface area contributed by atoms with Crippen LogP contribution in [-0.4, -0.2) is 24.2 Å². The average molecular weight is 339 g/mol. The molecular formula is C17H16F3NO3. The van der Waals surface area contributed by atoms with Gasteiger partial charge in [-0.3, -0.25) is 4.79 Å². The first kappa shape index (κ1) is 17.8. The lowest BCUT2D eigenvalue weighted by molar-refractivity contribution is -0.120. The lowest BCUT2D eigenvalue weighted by Crippen LogP contribution is -2.29. The third-order valence-electron chi connectivity index (χ3n) is 3.21. The Morgan fingerprint density at radius 2 is 1.92 bits per heavy atom. The predicted molar refractivity (Wildman–Crippen MR) is 81.1 cm³/mol. The molecule has 7 heteroatoms. The second kappa shape index (κ2) is 8.35. The van der Waals surface area contributed by atoms with Crippen molar-refractivity contribution in [2.45, 2.75) is 19.1 Å². The first-order chi connectivity index (χ1) is 11.4. The van der Waals surface area contributed by atoms with Crippen molar-refractivity contribution < 1.29 is 27.8 Å². The molecule has 1 amide bonds. The highest BCUT2D eigenvalue weighted by Gasteiger charge is 2.12. The number of ether oxygens (including phenoxy) is 1. The molecule has 2 aromatic carbocycles. The Morgan fingerprint density at radius 3 is 2.62 bits per heavy atom. The van der Waals surface area contributed by atoms with Gasteiger partial charge in [0.2, 0.25) is 5.91 Å². The maximum atomic E-state index is 13.0. The van der Waals surface area contributed by atoms with Crippen LogP contribution < -0.4 is 10.1 Å². The van der Waals surface area contributed by atoms with Gasteiger partial charge in [-0.15, -0.1) is 0 Å². The maximum Gasteiger partial charge on any atom is 0.387 e. The molecule has 0 radical (unpaired) electrons. The molecule has 0 aliphatic carbocycles. The minimum absolute atomic E-state index is 0.0288. The minimum Gasteiger partial charge on any atom is -0.435 e. The van der Waals surface area contributed by atoms with Gasteiger partial charge in [0.15, 0.2) is 0 Å². The van der Waals surface area contributed by atoms with Crippen LogP contribution in [0, 0.1) is 5.82 Å². The Morgan fingerprint density at radius 1 is 1.17 bits per heavy atom. The molecule has 128 valence electrons. The van der Waals surface area contributed by atoms with Crippen molar-refractivity contribution in [2.75, 3.05) is 6.54 Å². The number of halogens is 3. The Labute approximate surface area is 136 Å². The molecule has 2 aromatic rings. The summed E-state index contributed by atoms with van der Waals surface area (Å²) in [4.78, 5) is 11.8. The van der Waals surface area contributed by atoms with Gasteiger partial charge in [-0.25, -0.2) is 4.39 Å². The first-order valence-corrected chi connectivity index (χ1v) is 7.18. The third-order valence-corrected chi connectivity index (χ3v) is 3.21. The zero-order valence-electron chi connectivity index (χ0n) is 12.6. The number of alkyl halides is 2. The van der Waals surface area contributed by atoms with E-state index in [1.807, 2.05) is 0 Å². The standard InChI is InChI=1S/C17H16F3NO3/c18-13-5-1-3-11(7-13)8-16(23)21-10-15(22)12-4-2-6-14(9-12)24-17(19)20/h1-7,9,15,17,22H,8,10H2,(H,21,23). The van der Waals surface area contributed by atoms with Gasteiger partial charge in [0, 0.05) is 6.54 Å². The van der Waals surface area contributed by atoms with Crippen LogP contribution in [0.15, 0.2) is 48.5 Å². The molecule has 0 bridgehead atoms. The monoisotopic (exact) mass is 339 g/mol. The smallest absolute Gasteiger partial charge is 0.387 e. The number of rotatable bonds is 7. The zero-order chi connectivity index (χ0) is 17.5. The summed E-state index contributed by atoms with van der Waals surface area (Å²) < 4.78 is 41.6. The van der Waals surface area contributed by atoms with Gasteiger partial charge in [0.25, 0.3) is 0 Å². The third kappa shape index (κ3) is 5.58. The van der Waals surface area contributed by atoms with Crippen molar-refractivity contribution in [2.24, 2.45) is 0 Å². The number of hydrogen-bond acceptors (Lipinski definition) is 3. The van der Waals surface area contributed by atoms with Crippen LogP contribution in [0.2, 0.25) is 0 Å². The van der Waals surface area contributed by atoms with E-state index in [2.05, 4.69) is 10.1 Å². The number of nitrogens with one attached hydrogen (secondary N) is 1. The summed E-state index contributed by atoms with van der Waals surface area (Å²) in [6.07, 6.45) is -1.11. The summed E-state index contributed by atoms with van der Waals surface area (Å²) in [6.45, 7) is -3.06. The second-order valence-electron chi connectivity index (χ2n) is 5.08. The van der Waals surface area contributed by atoms with Crippen molar-refractivity contribution in [1.82, 2.24) is 5.32 Å². The van der Waals surface area contributed by atoms with Gasteiger partial charge in [0.1, 0.15) is 11.6 Å². The molecule has 2 N–H and O–H groups in total. The van der Waals surface area contributed by atoms with E-state index in [1.54, 1.807) is 6.07 Å². The molecule has 4 nitrogen and oxygen atoms in total. The molecule has 0 fully saturated rings. The van der Waals surface area contributed by atoms with Gasteiger partial charge in [-0.2, -0.15) is 8.78 Å².